The van der Waals surface area contributed by atoms with Gasteiger partial charge in [0, 0.05) is 26.2 Å². The lowest BCUT2D eigenvalue weighted by molar-refractivity contribution is -0.122. The van der Waals surface area contributed by atoms with Crippen molar-refractivity contribution in [1.29, 1.82) is 0 Å². The lowest BCUT2D eigenvalue weighted by Gasteiger charge is -2.31. The molecular weight excluding hydrogens is 242 g/mol. The molecule has 0 aromatic rings. The molecule has 0 radical (unpaired) electrons. The van der Waals surface area contributed by atoms with Crippen LogP contribution in [-0.2, 0) is 15.0 Å². The highest BCUT2D eigenvalue weighted by Gasteiger charge is 2.31. The third-order valence-corrected chi connectivity index (χ3v) is 4.58. The van der Waals surface area contributed by atoms with Crippen LogP contribution in [0.4, 0.5) is 0 Å². The molecule has 1 fully saturated rings. The number of nitrogens with one attached hydrogen (secondary N) is 1. The van der Waals surface area contributed by atoms with E-state index in [1.807, 2.05) is 13.8 Å². The Morgan fingerprint density at radius 2 is 1.88 bits per heavy atom. The number of amides is 1. The summed E-state index contributed by atoms with van der Waals surface area (Å²) in [6, 6.07) is 0. The fourth-order valence-corrected chi connectivity index (χ4v) is 3.57. The molecule has 0 spiro atoms. The molecule has 0 unspecified atom stereocenters. The second-order valence-electron chi connectivity index (χ2n) is 4.09. The predicted octanol–water partition coefficient (Wildman–Crippen LogP) is -0.215. The van der Waals surface area contributed by atoms with Gasteiger partial charge < -0.3 is 5.32 Å². The largest absolute Gasteiger partial charge is 0.354 e. The molecule has 0 aromatic carbocycles. The van der Waals surface area contributed by atoms with Crippen molar-refractivity contribution in [3.05, 3.63) is 0 Å². The summed E-state index contributed by atoms with van der Waals surface area (Å²) >= 11 is 0. The molecule has 100 valence electrons. The zero-order valence-electron chi connectivity index (χ0n) is 10.5. The number of piperazine rings is 1. The van der Waals surface area contributed by atoms with Gasteiger partial charge in [-0.1, -0.05) is 13.8 Å². The second kappa shape index (κ2) is 6.32. The standard InChI is InChI=1S/C10H21N3O3S/c1-3-6-12(7-4-2)17(15,16)13-8-5-11-10(14)9-13/h3-9H2,1-2H3,(H,11,14). The van der Waals surface area contributed by atoms with Gasteiger partial charge in [0.05, 0.1) is 6.54 Å². The quantitative estimate of drug-likeness (QED) is 0.720. The number of carbonyl (C=O) groups is 1. The van der Waals surface area contributed by atoms with E-state index in [0.717, 1.165) is 12.8 Å². The Kier molecular flexibility index (Phi) is 5.35. The highest BCUT2D eigenvalue weighted by Crippen LogP contribution is 2.11. The van der Waals surface area contributed by atoms with Gasteiger partial charge in [0.1, 0.15) is 0 Å². The molecule has 1 heterocycles. The summed E-state index contributed by atoms with van der Waals surface area (Å²) in [5, 5.41) is 2.62. The first-order valence-corrected chi connectivity index (χ1v) is 7.44. The normalized spacial score (nSPS) is 18.4. The molecular formula is C10H21N3O3S. The van der Waals surface area contributed by atoms with Crippen LogP contribution in [0.1, 0.15) is 26.7 Å². The summed E-state index contributed by atoms with van der Waals surface area (Å²) in [4.78, 5) is 11.2. The average Bonchev–Trinajstić information content (AvgIpc) is 2.29. The lowest BCUT2D eigenvalue weighted by atomic mass is 10.4. The number of carbonyl (C=O) groups excluding carboxylic acids is 1. The van der Waals surface area contributed by atoms with Crippen molar-refractivity contribution in [3.8, 4) is 0 Å². The molecule has 0 saturated carbocycles. The summed E-state index contributed by atoms with van der Waals surface area (Å²) < 4.78 is 27.3. The highest BCUT2D eigenvalue weighted by atomic mass is 32.2. The van der Waals surface area contributed by atoms with Crippen molar-refractivity contribution < 1.29 is 13.2 Å². The maximum Gasteiger partial charge on any atom is 0.282 e. The molecule has 0 aromatic heterocycles. The number of hydrogen-bond acceptors (Lipinski definition) is 3. The average molecular weight is 263 g/mol. The van der Waals surface area contributed by atoms with E-state index in [1.54, 1.807) is 0 Å². The maximum absolute atomic E-state index is 12.3. The van der Waals surface area contributed by atoms with E-state index in [9.17, 15) is 13.2 Å². The predicted molar refractivity (Wildman–Crippen MR) is 65.7 cm³/mol. The number of nitrogens with zero attached hydrogens (tertiary/aromatic N) is 2. The fourth-order valence-electron chi connectivity index (χ4n) is 1.82. The maximum atomic E-state index is 12.3. The minimum Gasteiger partial charge on any atom is -0.354 e. The van der Waals surface area contributed by atoms with Crippen LogP contribution >= 0.6 is 0 Å². The van der Waals surface area contributed by atoms with E-state index in [-0.39, 0.29) is 12.5 Å². The SMILES string of the molecule is CCCN(CCC)S(=O)(=O)N1CCNC(=O)C1. The van der Waals surface area contributed by atoms with E-state index in [4.69, 9.17) is 0 Å². The van der Waals surface area contributed by atoms with Crippen molar-refractivity contribution in [2.45, 2.75) is 26.7 Å². The molecule has 7 heteroatoms. The molecule has 17 heavy (non-hydrogen) atoms. The molecule has 1 saturated heterocycles. The van der Waals surface area contributed by atoms with Gasteiger partial charge in [-0.25, -0.2) is 0 Å². The summed E-state index contributed by atoms with van der Waals surface area (Å²) in [6.45, 7) is 5.60. The van der Waals surface area contributed by atoms with Crippen molar-refractivity contribution in [2.75, 3.05) is 32.7 Å². The van der Waals surface area contributed by atoms with Crippen LogP contribution < -0.4 is 5.32 Å². The molecule has 0 atom stereocenters. The third-order valence-electron chi connectivity index (χ3n) is 2.60. The van der Waals surface area contributed by atoms with Crippen LogP contribution in [0.25, 0.3) is 0 Å². The Labute approximate surface area is 103 Å². The van der Waals surface area contributed by atoms with E-state index < -0.39 is 10.2 Å². The topological polar surface area (TPSA) is 69.7 Å². The Hall–Kier alpha value is -0.660. The van der Waals surface area contributed by atoms with Crippen molar-refractivity contribution >= 4 is 16.1 Å². The number of hydrogen-bond donors (Lipinski definition) is 1. The van der Waals surface area contributed by atoms with Gasteiger partial charge in [-0.2, -0.15) is 17.0 Å². The molecule has 1 amide bonds. The van der Waals surface area contributed by atoms with Gasteiger partial charge in [0.15, 0.2) is 0 Å². The Morgan fingerprint density at radius 3 is 2.35 bits per heavy atom. The van der Waals surface area contributed by atoms with Crippen molar-refractivity contribution in [2.24, 2.45) is 0 Å². The van der Waals surface area contributed by atoms with Crippen LogP contribution in [-0.4, -0.2) is 55.7 Å². The third kappa shape index (κ3) is 3.65. The van der Waals surface area contributed by atoms with Gasteiger partial charge in [-0.15, -0.1) is 0 Å². The van der Waals surface area contributed by atoms with Crippen molar-refractivity contribution in [1.82, 2.24) is 13.9 Å². The van der Waals surface area contributed by atoms with Crippen LogP contribution in [0, 0.1) is 0 Å². The summed E-state index contributed by atoms with van der Waals surface area (Å²) in [5.41, 5.74) is 0. The summed E-state index contributed by atoms with van der Waals surface area (Å²) in [5.74, 6) is -0.229. The first-order valence-electron chi connectivity index (χ1n) is 6.04. The van der Waals surface area contributed by atoms with E-state index in [0.29, 0.717) is 26.2 Å². The summed E-state index contributed by atoms with van der Waals surface area (Å²) in [7, 11) is -3.48. The van der Waals surface area contributed by atoms with Gasteiger partial charge in [-0.3, -0.25) is 4.79 Å². The molecule has 6 nitrogen and oxygen atoms in total. The molecule has 0 aliphatic carbocycles. The molecule has 1 rings (SSSR count). The Morgan fingerprint density at radius 1 is 1.29 bits per heavy atom. The lowest BCUT2D eigenvalue weighted by Crippen LogP contribution is -2.54. The van der Waals surface area contributed by atoms with Crippen LogP contribution in [0.15, 0.2) is 0 Å². The number of rotatable bonds is 6. The highest BCUT2D eigenvalue weighted by molar-refractivity contribution is 7.86. The monoisotopic (exact) mass is 263 g/mol. The minimum absolute atomic E-state index is 0.0632. The minimum atomic E-state index is -3.48. The van der Waals surface area contributed by atoms with Crippen LogP contribution in [0.3, 0.4) is 0 Å². The fraction of sp³-hybridized carbons (Fsp3) is 0.900. The van der Waals surface area contributed by atoms with E-state index >= 15 is 0 Å². The Balaban J connectivity index is 2.78. The second-order valence-corrected chi connectivity index (χ2v) is 6.02. The molecule has 0 bridgehead atoms. The summed E-state index contributed by atoms with van der Waals surface area (Å²) in [6.07, 6.45) is 1.55. The van der Waals surface area contributed by atoms with Crippen molar-refractivity contribution in [3.63, 3.8) is 0 Å². The first-order chi connectivity index (χ1) is 8.02. The first kappa shape index (κ1) is 14.4. The molecule has 1 N–H and O–H groups in total. The zero-order chi connectivity index (χ0) is 12.9. The smallest absolute Gasteiger partial charge is 0.282 e. The van der Waals surface area contributed by atoms with E-state index in [1.165, 1.54) is 8.61 Å². The zero-order valence-corrected chi connectivity index (χ0v) is 11.3. The van der Waals surface area contributed by atoms with Gasteiger partial charge in [0.2, 0.25) is 5.91 Å². The van der Waals surface area contributed by atoms with Crippen LogP contribution in [0.2, 0.25) is 0 Å². The van der Waals surface area contributed by atoms with Crippen LogP contribution in [0.5, 0.6) is 0 Å². The van der Waals surface area contributed by atoms with Gasteiger partial charge in [-0.05, 0) is 12.8 Å². The van der Waals surface area contributed by atoms with E-state index in [2.05, 4.69) is 5.32 Å². The van der Waals surface area contributed by atoms with Gasteiger partial charge >= 0.3 is 0 Å². The molecule has 1 aliphatic rings. The van der Waals surface area contributed by atoms with Gasteiger partial charge in [0.25, 0.3) is 10.2 Å². The Bertz CT molecular complexity index is 350. The molecule has 1 aliphatic heterocycles.